The summed E-state index contributed by atoms with van der Waals surface area (Å²) in [5.74, 6) is 0.358. The first-order chi connectivity index (χ1) is 10.8. The molecule has 0 aromatic carbocycles. The zero-order valence-corrected chi connectivity index (χ0v) is 15.5. The number of hydrogen-bond donors (Lipinski definition) is 2. The number of aliphatic hydroxyl groups is 1. The maximum Gasteiger partial charge on any atom is 0.234 e. The van der Waals surface area contributed by atoms with Crippen LogP contribution in [0, 0.1) is 11.3 Å². The number of nitrogens with one attached hydrogen (secondary N) is 1. The standard InChI is InChI=1S/C18H30N2O2S/c1-18(2,3)17(15-9-6-10-23-15)19-16(22)12-20(4)11-13-7-5-8-14(13)21/h6,9-10,13-14,17,21H,5,7-8,11-12H2,1-4H3,(H,19,22). The van der Waals surface area contributed by atoms with E-state index in [0.717, 1.165) is 25.8 Å². The van der Waals surface area contributed by atoms with E-state index in [1.807, 2.05) is 23.4 Å². The molecule has 1 aromatic rings. The summed E-state index contributed by atoms with van der Waals surface area (Å²) in [5.41, 5.74) is -0.0271. The van der Waals surface area contributed by atoms with Gasteiger partial charge in [0.15, 0.2) is 0 Å². The number of amides is 1. The molecule has 0 aliphatic heterocycles. The molecule has 1 aliphatic rings. The Kier molecular flexibility index (Phi) is 6.23. The first-order valence-electron chi connectivity index (χ1n) is 8.46. The fraction of sp³-hybridized carbons (Fsp3) is 0.722. The molecule has 0 bridgehead atoms. The molecule has 3 unspecified atom stereocenters. The highest BCUT2D eigenvalue weighted by Crippen LogP contribution is 2.35. The average Bonchev–Trinajstić information content (AvgIpc) is 3.07. The molecule has 23 heavy (non-hydrogen) atoms. The monoisotopic (exact) mass is 338 g/mol. The fourth-order valence-electron chi connectivity index (χ4n) is 3.32. The van der Waals surface area contributed by atoms with Gasteiger partial charge in [0.1, 0.15) is 0 Å². The highest BCUT2D eigenvalue weighted by atomic mass is 32.1. The van der Waals surface area contributed by atoms with Gasteiger partial charge in [-0.2, -0.15) is 0 Å². The van der Waals surface area contributed by atoms with Gasteiger partial charge in [0.2, 0.25) is 5.91 Å². The highest BCUT2D eigenvalue weighted by Gasteiger charge is 2.30. The van der Waals surface area contributed by atoms with Crippen LogP contribution in [0.15, 0.2) is 17.5 Å². The Morgan fingerprint density at radius 1 is 1.48 bits per heavy atom. The molecule has 1 heterocycles. The van der Waals surface area contributed by atoms with Crippen LogP contribution in [0.25, 0.3) is 0 Å². The van der Waals surface area contributed by atoms with E-state index in [9.17, 15) is 9.90 Å². The number of rotatable bonds is 6. The molecule has 0 spiro atoms. The zero-order valence-electron chi connectivity index (χ0n) is 14.7. The first-order valence-corrected chi connectivity index (χ1v) is 9.34. The van der Waals surface area contributed by atoms with E-state index in [1.54, 1.807) is 11.3 Å². The van der Waals surface area contributed by atoms with Crippen molar-refractivity contribution in [1.29, 1.82) is 0 Å². The number of thiophene rings is 1. The van der Waals surface area contributed by atoms with Crippen LogP contribution in [-0.4, -0.2) is 42.2 Å². The lowest BCUT2D eigenvalue weighted by atomic mass is 9.85. The number of carbonyl (C=O) groups is 1. The van der Waals surface area contributed by atoms with Crippen molar-refractivity contribution in [2.75, 3.05) is 20.1 Å². The molecular weight excluding hydrogens is 308 g/mol. The van der Waals surface area contributed by atoms with Crippen molar-refractivity contribution in [3.63, 3.8) is 0 Å². The molecular formula is C18H30N2O2S. The summed E-state index contributed by atoms with van der Waals surface area (Å²) in [5, 5.41) is 15.2. The Morgan fingerprint density at radius 3 is 2.74 bits per heavy atom. The Morgan fingerprint density at radius 2 is 2.22 bits per heavy atom. The van der Waals surface area contributed by atoms with Gasteiger partial charge < -0.3 is 10.4 Å². The van der Waals surface area contributed by atoms with Gasteiger partial charge in [-0.15, -0.1) is 11.3 Å². The third-order valence-electron chi connectivity index (χ3n) is 4.58. The molecule has 0 saturated heterocycles. The Balaban J connectivity index is 1.89. The average molecular weight is 339 g/mol. The van der Waals surface area contributed by atoms with Crippen LogP contribution in [0.5, 0.6) is 0 Å². The van der Waals surface area contributed by atoms with Crippen LogP contribution in [0.3, 0.4) is 0 Å². The first kappa shape index (κ1) is 18.4. The van der Waals surface area contributed by atoms with Gasteiger partial charge in [-0.05, 0) is 42.7 Å². The summed E-state index contributed by atoms with van der Waals surface area (Å²) >= 11 is 1.68. The highest BCUT2D eigenvalue weighted by molar-refractivity contribution is 7.10. The molecule has 1 saturated carbocycles. The van der Waals surface area contributed by atoms with E-state index in [4.69, 9.17) is 0 Å². The predicted octanol–water partition coefficient (Wildman–Crippen LogP) is 3.04. The molecule has 1 aromatic heterocycles. The maximum absolute atomic E-state index is 12.5. The number of carbonyl (C=O) groups excluding carboxylic acids is 1. The second-order valence-corrected chi connectivity index (χ2v) is 8.82. The quantitative estimate of drug-likeness (QED) is 0.838. The molecule has 3 atom stereocenters. The van der Waals surface area contributed by atoms with Crippen LogP contribution in [0.1, 0.15) is 51.0 Å². The van der Waals surface area contributed by atoms with Gasteiger partial charge in [-0.3, -0.25) is 9.69 Å². The Labute approximate surface area is 143 Å². The van der Waals surface area contributed by atoms with E-state index < -0.39 is 0 Å². The van der Waals surface area contributed by atoms with Crippen LogP contribution >= 0.6 is 11.3 Å². The van der Waals surface area contributed by atoms with Gasteiger partial charge in [-0.1, -0.05) is 33.3 Å². The van der Waals surface area contributed by atoms with Gasteiger partial charge >= 0.3 is 0 Å². The molecule has 2 rings (SSSR count). The molecule has 1 amide bonds. The second kappa shape index (κ2) is 7.77. The SMILES string of the molecule is CN(CC(=O)NC(c1cccs1)C(C)(C)C)CC1CCCC1O. The summed E-state index contributed by atoms with van der Waals surface area (Å²) in [7, 11) is 1.96. The van der Waals surface area contributed by atoms with Gasteiger partial charge in [-0.25, -0.2) is 0 Å². The van der Waals surface area contributed by atoms with E-state index in [1.165, 1.54) is 4.88 Å². The van der Waals surface area contributed by atoms with Crippen LogP contribution in [0.2, 0.25) is 0 Å². The second-order valence-electron chi connectivity index (χ2n) is 7.84. The maximum atomic E-state index is 12.5. The lowest BCUT2D eigenvalue weighted by molar-refractivity contribution is -0.123. The molecule has 1 fully saturated rings. The van der Waals surface area contributed by atoms with Crippen LogP contribution in [-0.2, 0) is 4.79 Å². The van der Waals surface area contributed by atoms with E-state index >= 15 is 0 Å². The summed E-state index contributed by atoms with van der Waals surface area (Å²) in [6.07, 6.45) is 2.85. The predicted molar refractivity (Wildman–Crippen MR) is 95.5 cm³/mol. The number of hydrogen-bond acceptors (Lipinski definition) is 4. The zero-order chi connectivity index (χ0) is 17.0. The topological polar surface area (TPSA) is 52.6 Å². The fourth-order valence-corrected chi connectivity index (χ4v) is 4.34. The van der Waals surface area contributed by atoms with Crippen molar-refractivity contribution in [1.82, 2.24) is 10.2 Å². The van der Waals surface area contributed by atoms with Crippen molar-refractivity contribution in [2.45, 2.75) is 52.2 Å². The number of aliphatic hydroxyl groups excluding tert-OH is 1. The van der Waals surface area contributed by atoms with Crippen molar-refractivity contribution in [2.24, 2.45) is 11.3 Å². The largest absolute Gasteiger partial charge is 0.393 e. The number of nitrogens with zero attached hydrogens (tertiary/aromatic N) is 1. The normalized spacial score (nSPS) is 23.2. The van der Waals surface area contributed by atoms with E-state index in [-0.39, 0.29) is 23.5 Å². The summed E-state index contributed by atoms with van der Waals surface area (Å²) in [6.45, 7) is 7.61. The summed E-state index contributed by atoms with van der Waals surface area (Å²) in [6, 6.07) is 4.14. The smallest absolute Gasteiger partial charge is 0.234 e. The summed E-state index contributed by atoms with van der Waals surface area (Å²) in [4.78, 5) is 15.7. The molecule has 0 radical (unpaired) electrons. The van der Waals surface area contributed by atoms with Gasteiger partial charge in [0.05, 0.1) is 18.7 Å². The van der Waals surface area contributed by atoms with Crippen molar-refractivity contribution < 1.29 is 9.90 Å². The van der Waals surface area contributed by atoms with Crippen LogP contribution in [0.4, 0.5) is 0 Å². The molecule has 5 heteroatoms. The number of likely N-dealkylation sites (N-methyl/N-ethyl adjacent to an activating group) is 1. The van der Waals surface area contributed by atoms with E-state index in [2.05, 4.69) is 32.2 Å². The van der Waals surface area contributed by atoms with Gasteiger partial charge in [0, 0.05) is 11.4 Å². The minimum atomic E-state index is -0.200. The molecule has 1 aliphatic carbocycles. The van der Waals surface area contributed by atoms with Crippen molar-refractivity contribution in [3.05, 3.63) is 22.4 Å². The molecule has 4 nitrogen and oxygen atoms in total. The Bertz CT molecular complexity index is 496. The van der Waals surface area contributed by atoms with Crippen molar-refractivity contribution in [3.8, 4) is 0 Å². The Hall–Kier alpha value is -0.910. The third kappa shape index (κ3) is 5.30. The molecule has 2 N–H and O–H groups in total. The van der Waals surface area contributed by atoms with E-state index in [0.29, 0.717) is 12.5 Å². The third-order valence-corrected chi connectivity index (χ3v) is 5.51. The lowest BCUT2D eigenvalue weighted by Gasteiger charge is -2.31. The minimum Gasteiger partial charge on any atom is -0.393 e. The van der Waals surface area contributed by atoms with Crippen LogP contribution < -0.4 is 5.32 Å². The summed E-state index contributed by atoms with van der Waals surface area (Å²) < 4.78 is 0. The van der Waals surface area contributed by atoms with Crippen molar-refractivity contribution >= 4 is 17.2 Å². The lowest BCUT2D eigenvalue weighted by Crippen LogP contribution is -2.42. The molecule has 130 valence electrons. The minimum absolute atomic E-state index is 0.0271. The van der Waals surface area contributed by atoms with Gasteiger partial charge in [0.25, 0.3) is 0 Å².